The number of hydrogen-bond acceptors (Lipinski definition) is 4. The fourth-order valence-corrected chi connectivity index (χ4v) is 5.23. The van der Waals surface area contributed by atoms with E-state index >= 15 is 0 Å². The molecular formula is C16H22N2S2. The second-order valence-corrected chi connectivity index (χ2v) is 7.89. The van der Waals surface area contributed by atoms with Crippen molar-refractivity contribution < 1.29 is 0 Å². The van der Waals surface area contributed by atoms with Crippen LogP contribution in [0.5, 0.6) is 0 Å². The average molecular weight is 307 g/mol. The minimum absolute atomic E-state index is 0.661. The van der Waals surface area contributed by atoms with Gasteiger partial charge < -0.3 is 5.73 Å². The molecule has 3 rings (SSSR count). The second kappa shape index (κ2) is 6.48. The van der Waals surface area contributed by atoms with Gasteiger partial charge in [0, 0.05) is 46.8 Å². The van der Waals surface area contributed by atoms with Gasteiger partial charge in [-0.05, 0) is 23.4 Å². The number of thiophene rings is 1. The maximum absolute atomic E-state index is 5.96. The predicted molar refractivity (Wildman–Crippen MR) is 91.5 cm³/mol. The summed E-state index contributed by atoms with van der Waals surface area (Å²) in [5.41, 5.74) is 7.43. The van der Waals surface area contributed by atoms with E-state index in [-0.39, 0.29) is 0 Å². The van der Waals surface area contributed by atoms with Crippen LogP contribution in [-0.2, 0) is 13.1 Å². The Labute approximate surface area is 129 Å². The molecule has 2 N–H and O–H groups in total. The highest BCUT2D eigenvalue weighted by atomic mass is 32.2. The van der Waals surface area contributed by atoms with Gasteiger partial charge in [-0.15, -0.1) is 11.3 Å². The molecule has 20 heavy (non-hydrogen) atoms. The number of nitrogens with zero attached hydrogens (tertiary/aromatic N) is 1. The van der Waals surface area contributed by atoms with Crippen LogP contribution in [0.25, 0.3) is 10.1 Å². The van der Waals surface area contributed by atoms with E-state index in [0.29, 0.717) is 6.54 Å². The number of thioether (sulfide) groups is 1. The van der Waals surface area contributed by atoms with Gasteiger partial charge in [0.1, 0.15) is 0 Å². The lowest BCUT2D eigenvalue weighted by atomic mass is 10.1. The smallest absolute Gasteiger partial charge is 0.0349 e. The molecule has 1 aliphatic heterocycles. The summed E-state index contributed by atoms with van der Waals surface area (Å²) in [6, 6.07) is 8.72. The fraction of sp³-hybridized carbons (Fsp3) is 0.500. The predicted octanol–water partition coefficient (Wildman–Crippen LogP) is 3.69. The van der Waals surface area contributed by atoms with Crippen LogP contribution in [0.1, 0.15) is 23.8 Å². The summed E-state index contributed by atoms with van der Waals surface area (Å²) in [6.45, 7) is 6.44. The van der Waals surface area contributed by atoms with Crippen molar-refractivity contribution in [2.45, 2.75) is 31.7 Å². The Morgan fingerprint density at radius 3 is 3.00 bits per heavy atom. The monoisotopic (exact) mass is 306 g/mol. The molecule has 1 saturated heterocycles. The molecular weight excluding hydrogens is 284 g/mol. The van der Waals surface area contributed by atoms with Crippen molar-refractivity contribution in [1.29, 1.82) is 0 Å². The van der Waals surface area contributed by atoms with Gasteiger partial charge in [0.25, 0.3) is 0 Å². The van der Waals surface area contributed by atoms with E-state index in [1.807, 2.05) is 11.3 Å². The molecule has 0 spiro atoms. The van der Waals surface area contributed by atoms with Gasteiger partial charge in [-0.1, -0.05) is 25.1 Å². The summed E-state index contributed by atoms with van der Waals surface area (Å²) in [4.78, 5) is 3.97. The molecule has 4 heteroatoms. The van der Waals surface area contributed by atoms with Crippen molar-refractivity contribution in [1.82, 2.24) is 4.90 Å². The Kier molecular flexibility index (Phi) is 4.66. The van der Waals surface area contributed by atoms with E-state index in [1.54, 1.807) is 0 Å². The summed E-state index contributed by atoms with van der Waals surface area (Å²) < 4.78 is 1.38. The molecule has 0 saturated carbocycles. The molecule has 1 fully saturated rings. The topological polar surface area (TPSA) is 29.3 Å². The highest BCUT2D eigenvalue weighted by molar-refractivity contribution is 8.00. The Hall–Kier alpha value is -0.550. The third kappa shape index (κ3) is 2.89. The Morgan fingerprint density at radius 1 is 1.35 bits per heavy atom. The summed E-state index contributed by atoms with van der Waals surface area (Å²) in [5.74, 6) is 1.26. The van der Waals surface area contributed by atoms with Crippen LogP contribution in [0.2, 0.25) is 0 Å². The number of fused-ring (bicyclic) bond motifs is 1. The van der Waals surface area contributed by atoms with E-state index in [2.05, 4.69) is 47.9 Å². The van der Waals surface area contributed by atoms with Crippen molar-refractivity contribution in [3.8, 4) is 0 Å². The van der Waals surface area contributed by atoms with Crippen molar-refractivity contribution in [3.05, 3.63) is 34.7 Å². The zero-order chi connectivity index (χ0) is 13.9. The lowest BCUT2D eigenvalue weighted by molar-refractivity contribution is 0.274. The zero-order valence-corrected chi connectivity index (χ0v) is 13.6. The first-order chi connectivity index (χ1) is 9.81. The molecule has 1 aliphatic rings. The first-order valence-electron chi connectivity index (χ1n) is 7.35. The molecule has 2 heterocycles. The van der Waals surface area contributed by atoms with E-state index in [0.717, 1.165) is 11.8 Å². The quantitative estimate of drug-likeness (QED) is 0.934. The van der Waals surface area contributed by atoms with Gasteiger partial charge in [0.2, 0.25) is 0 Å². The third-order valence-corrected chi connectivity index (χ3v) is 6.63. The lowest BCUT2D eigenvalue weighted by Gasteiger charge is -2.32. The van der Waals surface area contributed by atoms with Crippen molar-refractivity contribution in [2.75, 3.05) is 18.8 Å². The van der Waals surface area contributed by atoms with E-state index in [1.165, 1.54) is 45.8 Å². The summed E-state index contributed by atoms with van der Waals surface area (Å²) in [5, 5.41) is 2.21. The minimum Gasteiger partial charge on any atom is -0.326 e. The summed E-state index contributed by atoms with van der Waals surface area (Å²) in [6.07, 6.45) is 1.27. The van der Waals surface area contributed by atoms with Crippen LogP contribution in [0, 0.1) is 0 Å². The van der Waals surface area contributed by atoms with Crippen molar-refractivity contribution in [3.63, 3.8) is 0 Å². The summed E-state index contributed by atoms with van der Waals surface area (Å²) in [7, 11) is 0. The van der Waals surface area contributed by atoms with Gasteiger partial charge in [0.15, 0.2) is 0 Å². The molecule has 2 nitrogen and oxygen atoms in total. The number of nitrogens with two attached hydrogens (primary N) is 1. The van der Waals surface area contributed by atoms with Crippen LogP contribution in [0.3, 0.4) is 0 Å². The molecule has 1 atom stereocenters. The SMILES string of the molecule is CCC1CN(Cc2c(CN)sc3ccccc23)CCS1. The second-order valence-electron chi connectivity index (χ2n) is 5.34. The average Bonchev–Trinajstić information content (AvgIpc) is 2.85. The Morgan fingerprint density at radius 2 is 2.20 bits per heavy atom. The highest BCUT2D eigenvalue weighted by Crippen LogP contribution is 2.33. The molecule has 2 aromatic rings. The van der Waals surface area contributed by atoms with Crippen LogP contribution >= 0.6 is 23.1 Å². The molecule has 0 amide bonds. The van der Waals surface area contributed by atoms with Gasteiger partial charge >= 0.3 is 0 Å². The van der Waals surface area contributed by atoms with E-state index in [9.17, 15) is 0 Å². The number of rotatable bonds is 4. The largest absolute Gasteiger partial charge is 0.326 e. The van der Waals surface area contributed by atoms with E-state index in [4.69, 9.17) is 5.73 Å². The first-order valence-corrected chi connectivity index (χ1v) is 9.21. The van der Waals surface area contributed by atoms with Gasteiger partial charge in [-0.2, -0.15) is 11.8 Å². The maximum Gasteiger partial charge on any atom is 0.0349 e. The molecule has 0 aliphatic carbocycles. The van der Waals surface area contributed by atoms with Gasteiger partial charge in [-0.25, -0.2) is 0 Å². The van der Waals surface area contributed by atoms with Crippen LogP contribution < -0.4 is 5.73 Å². The van der Waals surface area contributed by atoms with Crippen LogP contribution in [0.15, 0.2) is 24.3 Å². The fourth-order valence-electron chi connectivity index (χ4n) is 2.88. The number of benzene rings is 1. The normalized spacial score (nSPS) is 20.6. The third-order valence-electron chi connectivity index (χ3n) is 4.03. The molecule has 0 radical (unpaired) electrons. The molecule has 1 aromatic heterocycles. The van der Waals surface area contributed by atoms with Crippen molar-refractivity contribution in [2.24, 2.45) is 5.73 Å². The highest BCUT2D eigenvalue weighted by Gasteiger charge is 2.21. The molecule has 1 aromatic carbocycles. The van der Waals surface area contributed by atoms with Crippen LogP contribution in [-0.4, -0.2) is 29.0 Å². The van der Waals surface area contributed by atoms with Gasteiger partial charge in [-0.3, -0.25) is 4.90 Å². The maximum atomic E-state index is 5.96. The number of hydrogen-bond donors (Lipinski definition) is 1. The van der Waals surface area contributed by atoms with Crippen molar-refractivity contribution >= 4 is 33.2 Å². The standard InChI is InChI=1S/C16H22N2S2/c1-2-12-10-18(7-8-19-12)11-14-13-5-3-4-6-15(13)20-16(14)9-17/h3-6,12H,2,7-11,17H2,1H3. The lowest BCUT2D eigenvalue weighted by Crippen LogP contribution is -2.37. The zero-order valence-electron chi connectivity index (χ0n) is 12.0. The van der Waals surface area contributed by atoms with E-state index < -0.39 is 0 Å². The molecule has 0 bridgehead atoms. The van der Waals surface area contributed by atoms with Crippen LogP contribution in [0.4, 0.5) is 0 Å². The first kappa shape index (κ1) is 14.4. The Bertz CT molecular complexity index is 579. The molecule has 108 valence electrons. The molecule has 1 unspecified atom stereocenters. The van der Waals surface area contributed by atoms with Gasteiger partial charge in [0.05, 0.1) is 0 Å². The Balaban J connectivity index is 1.86. The summed E-state index contributed by atoms with van der Waals surface area (Å²) >= 11 is 3.99. The minimum atomic E-state index is 0.661.